The van der Waals surface area contributed by atoms with Crippen LogP contribution in [0.15, 0.2) is 0 Å². The van der Waals surface area contributed by atoms with Crippen LogP contribution in [0.4, 0.5) is 0 Å². The van der Waals surface area contributed by atoms with E-state index in [0.717, 1.165) is 19.3 Å². The lowest BCUT2D eigenvalue weighted by atomic mass is 9.70. The first-order valence-electron chi connectivity index (χ1n) is 11.1. The smallest absolute Gasteiger partial charge is 0.244 e. The van der Waals surface area contributed by atoms with E-state index in [1.54, 1.807) is 16.7 Å². The number of hydrogen-bond donors (Lipinski definition) is 3. The highest BCUT2D eigenvalue weighted by molar-refractivity contribution is 9.09. The number of nitrogens with zero attached hydrogens (tertiary/aromatic N) is 1. The number of thioether (sulfide) groups is 1. The predicted molar refractivity (Wildman–Crippen MR) is 121 cm³/mol. The first kappa shape index (κ1) is 23.9. The van der Waals surface area contributed by atoms with Crippen molar-refractivity contribution in [1.82, 2.24) is 15.5 Å². The molecular formula is C21H34BrN3O4S. The van der Waals surface area contributed by atoms with Crippen LogP contribution in [0.2, 0.25) is 0 Å². The molecule has 0 radical (unpaired) electrons. The summed E-state index contributed by atoms with van der Waals surface area (Å²) in [5.41, 5.74) is 0. The quantitative estimate of drug-likeness (QED) is 0.311. The van der Waals surface area contributed by atoms with Crippen LogP contribution >= 0.6 is 27.7 Å². The highest BCUT2D eigenvalue weighted by atomic mass is 79.9. The second kappa shape index (κ2) is 9.77. The zero-order valence-corrected chi connectivity index (χ0v) is 20.4. The Morgan fingerprint density at radius 1 is 1.30 bits per heavy atom. The number of likely N-dealkylation sites (tertiary alicyclic amines) is 1. The van der Waals surface area contributed by atoms with E-state index in [2.05, 4.69) is 26.6 Å². The molecule has 1 spiro atoms. The van der Waals surface area contributed by atoms with Gasteiger partial charge in [-0.3, -0.25) is 14.4 Å². The summed E-state index contributed by atoms with van der Waals surface area (Å²) in [5, 5.41) is 15.1. The van der Waals surface area contributed by atoms with Crippen molar-refractivity contribution in [2.75, 3.05) is 19.7 Å². The Hall–Kier alpha value is -0.800. The van der Waals surface area contributed by atoms with Crippen molar-refractivity contribution in [3.63, 3.8) is 0 Å². The molecule has 0 saturated carbocycles. The fourth-order valence-corrected chi connectivity index (χ4v) is 8.88. The number of rotatable bonds is 10. The van der Waals surface area contributed by atoms with Gasteiger partial charge in [0, 0.05) is 35.8 Å². The molecule has 3 aliphatic heterocycles. The Balaban J connectivity index is 1.92. The highest BCUT2D eigenvalue weighted by Gasteiger charge is 2.75. The maximum absolute atomic E-state index is 13.6. The summed E-state index contributed by atoms with van der Waals surface area (Å²) in [7, 11) is 0. The topological polar surface area (TPSA) is 98.7 Å². The van der Waals surface area contributed by atoms with Crippen LogP contribution in [0.1, 0.15) is 52.9 Å². The Bertz CT molecular complexity index is 679. The average molecular weight is 504 g/mol. The fourth-order valence-electron chi connectivity index (χ4n) is 5.27. The van der Waals surface area contributed by atoms with Crippen LogP contribution in [-0.2, 0) is 14.4 Å². The standard InChI is InChI=1S/C21H34BrN3O4S/c1-4-8-23-18(27)14-15-20(29)25(9-6-5-7-10-26)17(19(28)24-12(2)3)21(15)11-13(22)16(14)30-21/h12-17,26H,4-11H2,1-3H3,(H,23,27)(H,24,28)/t13?,14-,15+,16-,17?,21?/m1/s1. The molecule has 30 heavy (non-hydrogen) atoms. The molecule has 6 atom stereocenters. The van der Waals surface area contributed by atoms with Gasteiger partial charge in [-0.1, -0.05) is 22.9 Å². The second-order valence-electron chi connectivity index (χ2n) is 8.93. The summed E-state index contributed by atoms with van der Waals surface area (Å²) >= 11 is 5.43. The zero-order valence-electron chi connectivity index (χ0n) is 18.0. The molecule has 3 amide bonds. The number of nitrogens with one attached hydrogen (secondary N) is 2. The lowest BCUT2D eigenvalue weighted by molar-refractivity contribution is -0.140. The Kier molecular flexibility index (Phi) is 7.77. The van der Waals surface area contributed by atoms with Crippen molar-refractivity contribution in [2.24, 2.45) is 11.8 Å². The molecule has 3 unspecified atom stereocenters. The van der Waals surface area contributed by atoms with Crippen LogP contribution in [0, 0.1) is 11.8 Å². The molecular weight excluding hydrogens is 470 g/mol. The molecule has 3 aliphatic rings. The second-order valence-corrected chi connectivity index (χ2v) is 11.7. The summed E-state index contributed by atoms with van der Waals surface area (Å²) in [5.74, 6) is -1.12. The monoisotopic (exact) mass is 503 g/mol. The maximum atomic E-state index is 13.6. The summed E-state index contributed by atoms with van der Waals surface area (Å²) in [6.45, 7) is 7.04. The number of aliphatic hydroxyl groups is 1. The number of hydrogen-bond acceptors (Lipinski definition) is 5. The molecule has 0 aromatic rings. The number of fused-ring (bicyclic) bond motifs is 1. The number of carbonyl (C=O) groups is 3. The number of alkyl halides is 1. The van der Waals surface area contributed by atoms with Crippen molar-refractivity contribution in [3.05, 3.63) is 0 Å². The van der Waals surface area contributed by atoms with E-state index in [0.29, 0.717) is 25.9 Å². The SMILES string of the molecule is CCCNC(=O)[C@H]1[C@@H]2SC3(CC2Br)C(C(=O)NC(C)C)N(CCCCCO)C(=O)[C@H]13. The molecule has 0 aliphatic carbocycles. The van der Waals surface area contributed by atoms with Gasteiger partial charge in [-0.25, -0.2) is 0 Å². The van der Waals surface area contributed by atoms with E-state index >= 15 is 0 Å². The lowest BCUT2D eigenvalue weighted by Gasteiger charge is -2.35. The largest absolute Gasteiger partial charge is 0.396 e. The fraction of sp³-hybridized carbons (Fsp3) is 0.857. The third-order valence-corrected chi connectivity index (χ3v) is 9.60. The van der Waals surface area contributed by atoms with Gasteiger partial charge in [0.15, 0.2) is 0 Å². The van der Waals surface area contributed by atoms with Crippen LogP contribution in [0.3, 0.4) is 0 Å². The number of carbonyl (C=O) groups excluding carboxylic acids is 3. The van der Waals surface area contributed by atoms with Crippen molar-refractivity contribution in [1.29, 1.82) is 0 Å². The van der Waals surface area contributed by atoms with Crippen LogP contribution in [0.5, 0.6) is 0 Å². The molecule has 3 heterocycles. The summed E-state index contributed by atoms with van der Waals surface area (Å²) in [4.78, 5) is 41.8. The van der Waals surface area contributed by atoms with Crippen LogP contribution in [-0.4, -0.2) is 74.3 Å². The van der Waals surface area contributed by atoms with E-state index in [1.165, 1.54) is 0 Å². The molecule has 7 nitrogen and oxygen atoms in total. The van der Waals surface area contributed by atoms with E-state index in [1.807, 2.05) is 20.8 Å². The Labute approximate surface area is 191 Å². The molecule has 3 saturated heterocycles. The molecule has 9 heteroatoms. The molecule has 2 bridgehead atoms. The molecule has 3 rings (SSSR count). The van der Waals surface area contributed by atoms with Crippen molar-refractivity contribution < 1.29 is 19.5 Å². The van der Waals surface area contributed by atoms with Gasteiger partial charge in [0.05, 0.1) is 16.6 Å². The number of aliphatic hydroxyl groups excluding tert-OH is 1. The van der Waals surface area contributed by atoms with Crippen molar-refractivity contribution in [2.45, 2.75) is 79.8 Å². The molecule has 0 aromatic carbocycles. The van der Waals surface area contributed by atoms with E-state index in [9.17, 15) is 14.4 Å². The van der Waals surface area contributed by atoms with Gasteiger partial charge in [-0.2, -0.15) is 0 Å². The first-order valence-corrected chi connectivity index (χ1v) is 12.9. The summed E-state index contributed by atoms with van der Waals surface area (Å²) < 4.78 is -0.569. The number of amides is 3. The molecule has 3 fully saturated rings. The van der Waals surface area contributed by atoms with Gasteiger partial charge in [0.1, 0.15) is 6.04 Å². The lowest BCUT2D eigenvalue weighted by Crippen LogP contribution is -2.55. The van der Waals surface area contributed by atoms with Crippen molar-refractivity contribution in [3.8, 4) is 0 Å². The van der Waals surface area contributed by atoms with Crippen LogP contribution < -0.4 is 10.6 Å². The predicted octanol–water partition coefficient (Wildman–Crippen LogP) is 1.66. The minimum atomic E-state index is -0.569. The zero-order chi connectivity index (χ0) is 22.1. The molecule has 170 valence electrons. The minimum absolute atomic E-state index is 0.00157. The molecule has 0 aromatic heterocycles. The average Bonchev–Trinajstić information content (AvgIpc) is 3.26. The third-order valence-electron chi connectivity index (χ3n) is 6.38. The highest BCUT2D eigenvalue weighted by Crippen LogP contribution is 2.67. The van der Waals surface area contributed by atoms with Gasteiger partial charge >= 0.3 is 0 Å². The number of halogens is 1. The Morgan fingerprint density at radius 3 is 2.67 bits per heavy atom. The summed E-state index contributed by atoms with van der Waals surface area (Å²) in [6.07, 6.45) is 3.77. The Morgan fingerprint density at radius 2 is 2.03 bits per heavy atom. The van der Waals surface area contributed by atoms with E-state index in [-0.39, 0.29) is 40.4 Å². The van der Waals surface area contributed by atoms with Crippen LogP contribution in [0.25, 0.3) is 0 Å². The first-order chi connectivity index (χ1) is 14.3. The maximum Gasteiger partial charge on any atom is 0.244 e. The van der Waals surface area contributed by atoms with Gasteiger partial charge < -0.3 is 20.6 Å². The van der Waals surface area contributed by atoms with Gasteiger partial charge in [0.2, 0.25) is 17.7 Å². The van der Waals surface area contributed by atoms with E-state index in [4.69, 9.17) is 5.11 Å². The van der Waals surface area contributed by atoms with Gasteiger partial charge in [-0.05, 0) is 46.0 Å². The minimum Gasteiger partial charge on any atom is -0.396 e. The van der Waals surface area contributed by atoms with Gasteiger partial charge in [-0.15, -0.1) is 11.8 Å². The molecule has 3 N–H and O–H groups in total. The number of unbranched alkanes of at least 4 members (excludes halogenated alkanes) is 2. The van der Waals surface area contributed by atoms with Gasteiger partial charge in [0.25, 0.3) is 0 Å². The van der Waals surface area contributed by atoms with E-state index < -0.39 is 22.6 Å². The third kappa shape index (κ3) is 4.13. The van der Waals surface area contributed by atoms with Crippen molar-refractivity contribution >= 4 is 45.4 Å². The normalized spacial score (nSPS) is 34.5. The summed E-state index contributed by atoms with van der Waals surface area (Å²) in [6, 6.07) is -0.586.